The van der Waals surface area contributed by atoms with Crippen LogP contribution < -0.4 is 10.1 Å². The summed E-state index contributed by atoms with van der Waals surface area (Å²) < 4.78 is 20.2. The third kappa shape index (κ3) is 4.70. The van der Waals surface area contributed by atoms with Crippen LogP contribution in [0.5, 0.6) is 5.75 Å². The Kier molecular flexibility index (Phi) is 6.04. The van der Waals surface area contributed by atoms with Crippen LogP contribution in [-0.2, 0) is 6.54 Å². The summed E-state index contributed by atoms with van der Waals surface area (Å²) in [4.78, 5) is 0. The molecule has 1 aliphatic carbocycles. The largest absolute Gasteiger partial charge is 0.487 e. The van der Waals surface area contributed by atoms with Crippen LogP contribution in [0.2, 0.25) is 0 Å². The van der Waals surface area contributed by atoms with Gasteiger partial charge >= 0.3 is 0 Å². The van der Waals surface area contributed by atoms with E-state index in [4.69, 9.17) is 4.74 Å². The van der Waals surface area contributed by atoms with Gasteiger partial charge in [-0.3, -0.25) is 0 Å². The maximum absolute atomic E-state index is 14.2. The maximum Gasteiger partial charge on any atom is 0.165 e. The van der Waals surface area contributed by atoms with Crippen LogP contribution in [0, 0.1) is 17.7 Å². The van der Waals surface area contributed by atoms with Gasteiger partial charge in [-0.2, -0.15) is 0 Å². The van der Waals surface area contributed by atoms with Gasteiger partial charge in [0.15, 0.2) is 11.6 Å². The lowest BCUT2D eigenvalue weighted by Gasteiger charge is -2.32. The fourth-order valence-electron chi connectivity index (χ4n) is 3.36. The first kappa shape index (κ1) is 16.3. The Bertz CT molecular complexity index is 439. The molecular weight excluding hydrogens is 265 g/mol. The Morgan fingerprint density at radius 2 is 1.90 bits per heavy atom. The van der Waals surface area contributed by atoms with Gasteiger partial charge in [0.25, 0.3) is 0 Å². The fourth-order valence-corrected chi connectivity index (χ4v) is 3.36. The first-order valence-corrected chi connectivity index (χ1v) is 8.24. The van der Waals surface area contributed by atoms with Crippen molar-refractivity contribution in [1.29, 1.82) is 0 Å². The van der Waals surface area contributed by atoms with Crippen molar-refractivity contribution in [1.82, 2.24) is 5.32 Å². The van der Waals surface area contributed by atoms with Crippen molar-refractivity contribution in [2.24, 2.45) is 11.8 Å². The summed E-state index contributed by atoms with van der Waals surface area (Å²) in [6.45, 7) is 8.25. The van der Waals surface area contributed by atoms with E-state index in [-0.39, 0.29) is 11.9 Å². The van der Waals surface area contributed by atoms with Crippen LogP contribution in [0.15, 0.2) is 18.2 Å². The van der Waals surface area contributed by atoms with Crippen LogP contribution >= 0.6 is 0 Å². The van der Waals surface area contributed by atoms with E-state index in [0.29, 0.717) is 24.1 Å². The molecule has 0 amide bonds. The van der Waals surface area contributed by atoms with Gasteiger partial charge in [0.2, 0.25) is 0 Å². The van der Waals surface area contributed by atoms with E-state index in [9.17, 15) is 4.39 Å². The third-order valence-corrected chi connectivity index (χ3v) is 4.21. The van der Waals surface area contributed by atoms with Crippen molar-refractivity contribution in [3.63, 3.8) is 0 Å². The number of rotatable bonds is 6. The smallest absolute Gasteiger partial charge is 0.165 e. The Hall–Kier alpha value is -1.09. The molecule has 1 fully saturated rings. The fraction of sp³-hybridized carbons (Fsp3) is 0.667. The minimum atomic E-state index is -0.239. The molecule has 0 bridgehead atoms. The quantitative estimate of drug-likeness (QED) is 0.778. The number of para-hydroxylation sites is 1. The molecule has 21 heavy (non-hydrogen) atoms. The molecule has 0 aliphatic heterocycles. The van der Waals surface area contributed by atoms with E-state index in [0.717, 1.165) is 31.4 Å². The van der Waals surface area contributed by atoms with Gasteiger partial charge in [-0.1, -0.05) is 32.9 Å². The van der Waals surface area contributed by atoms with Crippen molar-refractivity contribution in [3.05, 3.63) is 29.6 Å². The van der Waals surface area contributed by atoms with Crippen LogP contribution in [0.1, 0.15) is 52.0 Å². The molecule has 0 heterocycles. The molecule has 1 aromatic rings. The molecule has 2 rings (SSSR count). The van der Waals surface area contributed by atoms with Gasteiger partial charge in [-0.25, -0.2) is 4.39 Å². The third-order valence-electron chi connectivity index (χ3n) is 4.21. The molecular formula is C18H28FNO. The van der Waals surface area contributed by atoms with Crippen LogP contribution in [-0.4, -0.2) is 12.6 Å². The minimum absolute atomic E-state index is 0.144. The van der Waals surface area contributed by atoms with E-state index >= 15 is 0 Å². The molecule has 2 atom stereocenters. The maximum atomic E-state index is 14.2. The van der Waals surface area contributed by atoms with E-state index in [1.165, 1.54) is 12.5 Å². The molecule has 3 heteroatoms. The summed E-state index contributed by atoms with van der Waals surface area (Å²) >= 11 is 0. The van der Waals surface area contributed by atoms with E-state index in [1.807, 2.05) is 6.07 Å². The van der Waals surface area contributed by atoms with E-state index in [2.05, 4.69) is 26.1 Å². The summed E-state index contributed by atoms with van der Waals surface area (Å²) in [6, 6.07) is 5.21. The summed E-state index contributed by atoms with van der Waals surface area (Å²) in [5.74, 6) is 1.53. The zero-order valence-electron chi connectivity index (χ0n) is 13.5. The van der Waals surface area contributed by atoms with Crippen LogP contribution in [0.3, 0.4) is 0 Å². The van der Waals surface area contributed by atoms with Crippen molar-refractivity contribution in [3.8, 4) is 5.75 Å². The first-order valence-electron chi connectivity index (χ1n) is 8.24. The second kappa shape index (κ2) is 7.79. The normalized spacial score (nSPS) is 25.8. The number of hydrogen-bond acceptors (Lipinski definition) is 2. The lowest BCUT2D eigenvalue weighted by atomic mass is 9.82. The number of ether oxygens (including phenoxy) is 1. The Morgan fingerprint density at radius 1 is 1.19 bits per heavy atom. The standard InChI is InChI=1S/C18H28FNO/c1-4-8-20-12-15-6-5-7-17(19)18(15)21-16-10-13(2)9-14(3)11-16/h5-7,13-14,16,20H,4,8-12H2,1-3H3. The number of hydrogen-bond donors (Lipinski definition) is 1. The summed E-state index contributed by atoms with van der Waals surface area (Å²) in [5.41, 5.74) is 0.925. The molecule has 1 aromatic carbocycles. The van der Waals surface area contributed by atoms with Crippen molar-refractivity contribution in [2.75, 3.05) is 6.54 Å². The predicted octanol–water partition coefficient (Wildman–Crippen LogP) is 4.53. The average Bonchev–Trinajstić information content (AvgIpc) is 2.41. The topological polar surface area (TPSA) is 21.3 Å². The minimum Gasteiger partial charge on any atom is -0.487 e. The molecule has 1 saturated carbocycles. The molecule has 1 N–H and O–H groups in total. The molecule has 0 spiro atoms. The SMILES string of the molecule is CCCNCc1cccc(F)c1OC1CC(C)CC(C)C1. The average molecular weight is 293 g/mol. The molecule has 0 radical (unpaired) electrons. The summed E-state index contributed by atoms with van der Waals surface area (Å²) in [7, 11) is 0. The van der Waals surface area contributed by atoms with Crippen molar-refractivity contribution < 1.29 is 9.13 Å². The zero-order chi connectivity index (χ0) is 15.2. The van der Waals surface area contributed by atoms with Gasteiger partial charge in [0, 0.05) is 12.1 Å². The van der Waals surface area contributed by atoms with Gasteiger partial charge in [0.1, 0.15) is 0 Å². The summed E-state index contributed by atoms with van der Waals surface area (Å²) in [5, 5.41) is 3.33. The Morgan fingerprint density at radius 3 is 2.57 bits per heavy atom. The number of halogens is 1. The van der Waals surface area contributed by atoms with Gasteiger partial charge in [-0.05, 0) is 50.1 Å². The Labute approximate surface area is 128 Å². The highest BCUT2D eigenvalue weighted by atomic mass is 19.1. The van der Waals surface area contributed by atoms with Crippen LogP contribution in [0.25, 0.3) is 0 Å². The highest BCUT2D eigenvalue weighted by Crippen LogP contribution is 2.33. The van der Waals surface area contributed by atoms with Gasteiger partial charge < -0.3 is 10.1 Å². The van der Waals surface area contributed by atoms with Crippen LogP contribution in [0.4, 0.5) is 4.39 Å². The lowest BCUT2D eigenvalue weighted by molar-refractivity contribution is 0.0959. The second-order valence-corrected chi connectivity index (χ2v) is 6.56. The van der Waals surface area contributed by atoms with Gasteiger partial charge in [-0.15, -0.1) is 0 Å². The monoisotopic (exact) mass is 293 g/mol. The highest BCUT2D eigenvalue weighted by Gasteiger charge is 2.26. The highest BCUT2D eigenvalue weighted by molar-refractivity contribution is 5.35. The molecule has 118 valence electrons. The predicted molar refractivity (Wildman–Crippen MR) is 85.0 cm³/mol. The first-order chi connectivity index (χ1) is 10.1. The number of benzene rings is 1. The van der Waals surface area contributed by atoms with Crippen molar-refractivity contribution >= 4 is 0 Å². The Balaban J connectivity index is 2.07. The lowest BCUT2D eigenvalue weighted by Crippen LogP contribution is -2.29. The van der Waals surface area contributed by atoms with E-state index in [1.54, 1.807) is 6.07 Å². The summed E-state index contributed by atoms with van der Waals surface area (Å²) in [6.07, 6.45) is 4.53. The van der Waals surface area contributed by atoms with E-state index < -0.39 is 0 Å². The number of nitrogens with one attached hydrogen (secondary N) is 1. The molecule has 0 aromatic heterocycles. The zero-order valence-corrected chi connectivity index (χ0v) is 13.5. The molecule has 1 aliphatic rings. The molecule has 2 unspecified atom stereocenters. The second-order valence-electron chi connectivity index (χ2n) is 6.56. The van der Waals surface area contributed by atoms with Gasteiger partial charge in [0.05, 0.1) is 6.10 Å². The van der Waals surface area contributed by atoms with Crippen molar-refractivity contribution in [2.45, 2.75) is 59.1 Å². The molecule has 2 nitrogen and oxygen atoms in total. The molecule has 0 saturated heterocycles.